The van der Waals surface area contributed by atoms with Gasteiger partial charge in [0.2, 0.25) is 0 Å². The average Bonchev–Trinajstić information content (AvgIpc) is 2.56. The van der Waals surface area contributed by atoms with Crippen molar-refractivity contribution in [1.29, 1.82) is 0 Å². The number of nitrogens with one attached hydrogen (secondary N) is 3. The van der Waals surface area contributed by atoms with Gasteiger partial charge in [-0.2, -0.15) is 13.2 Å². The van der Waals surface area contributed by atoms with E-state index in [1.54, 1.807) is 18.2 Å². The molecule has 3 N–H and O–H groups in total. The molecule has 1 aromatic carbocycles. The van der Waals surface area contributed by atoms with Gasteiger partial charge in [-0.1, -0.05) is 12.1 Å². The summed E-state index contributed by atoms with van der Waals surface area (Å²) in [4.78, 5) is 18.0. The number of amides is 1. The van der Waals surface area contributed by atoms with E-state index in [0.717, 1.165) is 12.1 Å². The van der Waals surface area contributed by atoms with Gasteiger partial charge in [0.15, 0.2) is 5.96 Å². The molecule has 0 bridgehead atoms. The normalized spacial score (nSPS) is 11.7. The van der Waals surface area contributed by atoms with E-state index in [9.17, 15) is 18.0 Å². The first kappa shape index (κ1) is 25.4. The van der Waals surface area contributed by atoms with E-state index in [1.807, 2.05) is 25.1 Å². The summed E-state index contributed by atoms with van der Waals surface area (Å²) in [5, 5.41) is 8.37. The molecule has 0 aliphatic rings. The predicted molar refractivity (Wildman–Crippen MR) is 112 cm³/mol. The van der Waals surface area contributed by atoms with Crippen molar-refractivity contribution in [3.05, 3.63) is 35.4 Å². The Hall–Kier alpha value is -1.56. The Bertz CT molecular complexity index is 608. The van der Waals surface area contributed by atoms with Gasteiger partial charge in [-0.05, 0) is 31.8 Å². The molecule has 0 spiro atoms. The van der Waals surface area contributed by atoms with Crippen molar-refractivity contribution in [2.24, 2.45) is 4.99 Å². The largest absolute Gasteiger partial charge is 0.390 e. The van der Waals surface area contributed by atoms with Gasteiger partial charge in [0.1, 0.15) is 0 Å². The topological polar surface area (TPSA) is 68.8 Å². The second kappa shape index (κ2) is 12.8. The molecule has 0 fully saturated rings. The number of aliphatic imine (C=N–C) groups is 1. The van der Waals surface area contributed by atoms with Crippen LogP contribution in [0.5, 0.6) is 0 Å². The maximum atomic E-state index is 12.2. The van der Waals surface area contributed by atoms with Crippen LogP contribution in [0.15, 0.2) is 29.3 Å². The molecule has 0 aromatic heterocycles. The fraction of sp³-hybridized carbons (Fsp3) is 0.529. The van der Waals surface area contributed by atoms with Gasteiger partial charge in [-0.3, -0.25) is 9.79 Å². The lowest BCUT2D eigenvalue weighted by Gasteiger charge is -2.13. The zero-order valence-corrected chi connectivity index (χ0v) is 18.0. The van der Waals surface area contributed by atoms with Crippen molar-refractivity contribution in [3.63, 3.8) is 0 Å². The van der Waals surface area contributed by atoms with Crippen LogP contribution in [0.4, 0.5) is 13.2 Å². The molecule has 0 saturated heterocycles. The monoisotopic (exact) mass is 501 g/mol. The van der Waals surface area contributed by atoms with Gasteiger partial charge in [0.25, 0.3) is 5.91 Å². The quantitative estimate of drug-likeness (QED) is 0.291. The van der Waals surface area contributed by atoms with Gasteiger partial charge < -0.3 is 20.9 Å². The third-order valence-corrected chi connectivity index (χ3v) is 3.42. The van der Waals surface area contributed by atoms with Gasteiger partial charge in [0.05, 0.1) is 6.42 Å². The Morgan fingerprint density at radius 2 is 1.85 bits per heavy atom. The van der Waals surface area contributed by atoms with Gasteiger partial charge in [-0.15, -0.1) is 24.0 Å². The standard InChI is InChI=1S/C17H26F3N5O.HI/c1-21-16(23-8-7-17(18,19)20)24-12-13-5-4-6-14(11-13)15(26)22-9-10-25(2)3;/h4-6,11H,7-10,12H2,1-3H3,(H,22,26)(H2,21,23,24);1H. The summed E-state index contributed by atoms with van der Waals surface area (Å²) in [5.41, 5.74) is 1.35. The SMILES string of the molecule is CN=C(NCCC(F)(F)F)NCc1cccc(C(=O)NCCN(C)C)c1.I. The minimum atomic E-state index is -4.21. The highest BCUT2D eigenvalue weighted by Crippen LogP contribution is 2.18. The summed E-state index contributed by atoms with van der Waals surface area (Å²) in [6.45, 7) is 1.37. The van der Waals surface area contributed by atoms with Crippen LogP contribution in [0.1, 0.15) is 22.3 Å². The summed E-state index contributed by atoms with van der Waals surface area (Å²) >= 11 is 0. The molecule has 0 unspecified atom stereocenters. The molecule has 0 heterocycles. The Morgan fingerprint density at radius 1 is 1.15 bits per heavy atom. The summed E-state index contributed by atoms with van der Waals surface area (Å²) in [6, 6.07) is 7.04. The molecule has 10 heteroatoms. The van der Waals surface area contributed by atoms with Crippen LogP contribution < -0.4 is 16.0 Å². The van der Waals surface area contributed by atoms with Crippen LogP contribution in [-0.4, -0.2) is 63.7 Å². The smallest absolute Gasteiger partial charge is 0.356 e. The second-order valence-electron chi connectivity index (χ2n) is 5.98. The zero-order valence-electron chi connectivity index (χ0n) is 15.7. The molecule has 154 valence electrons. The minimum absolute atomic E-state index is 0. The van der Waals surface area contributed by atoms with Crippen LogP contribution in [0.2, 0.25) is 0 Å². The highest BCUT2D eigenvalue weighted by Gasteiger charge is 2.26. The molecule has 0 aliphatic heterocycles. The average molecular weight is 501 g/mol. The van der Waals surface area contributed by atoms with E-state index in [-0.39, 0.29) is 42.4 Å². The highest BCUT2D eigenvalue weighted by molar-refractivity contribution is 14.0. The van der Waals surface area contributed by atoms with Crippen LogP contribution >= 0.6 is 24.0 Å². The number of carbonyl (C=O) groups excluding carboxylic acids is 1. The van der Waals surface area contributed by atoms with Crippen LogP contribution in [0.3, 0.4) is 0 Å². The fourth-order valence-electron chi connectivity index (χ4n) is 2.05. The minimum Gasteiger partial charge on any atom is -0.356 e. The van der Waals surface area contributed by atoms with Gasteiger partial charge in [0, 0.05) is 38.8 Å². The van der Waals surface area contributed by atoms with E-state index in [1.165, 1.54) is 7.05 Å². The third kappa shape index (κ3) is 11.7. The molecule has 0 aliphatic carbocycles. The first-order valence-corrected chi connectivity index (χ1v) is 8.24. The van der Waals surface area contributed by atoms with Gasteiger partial charge >= 0.3 is 6.18 Å². The van der Waals surface area contributed by atoms with Crippen LogP contribution in [-0.2, 0) is 6.54 Å². The van der Waals surface area contributed by atoms with E-state index < -0.39 is 12.6 Å². The number of guanidine groups is 1. The summed E-state index contributed by atoms with van der Waals surface area (Å²) < 4.78 is 36.5. The van der Waals surface area contributed by atoms with E-state index in [4.69, 9.17) is 0 Å². The maximum Gasteiger partial charge on any atom is 0.390 e. The molecule has 0 radical (unpaired) electrons. The van der Waals surface area contributed by atoms with Crippen LogP contribution in [0.25, 0.3) is 0 Å². The summed E-state index contributed by atoms with van der Waals surface area (Å²) in [7, 11) is 5.33. The Morgan fingerprint density at radius 3 is 2.44 bits per heavy atom. The molecule has 1 amide bonds. The number of benzene rings is 1. The Balaban J connectivity index is 0.00000676. The Labute approximate surface area is 175 Å². The van der Waals surface area contributed by atoms with Crippen LogP contribution in [0, 0.1) is 0 Å². The van der Waals surface area contributed by atoms with Crippen molar-refractivity contribution in [2.75, 3.05) is 40.8 Å². The first-order chi connectivity index (χ1) is 12.2. The number of hydrogen-bond acceptors (Lipinski definition) is 3. The van der Waals surface area contributed by atoms with Crippen molar-refractivity contribution < 1.29 is 18.0 Å². The fourth-order valence-corrected chi connectivity index (χ4v) is 2.05. The number of nitrogens with zero attached hydrogens (tertiary/aromatic N) is 2. The van der Waals surface area contributed by atoms with Crippen molar-refractivity contribution >= 4 is 35.8 Å². The molecule has 0 atom stereocenters. The molecular weight excluding hydrogens is 474 g/mol. The third-order valence-electron chi connectivity index (χ3n) is 3.42. The number of likely N-dealkylation sites (N-methyl/N-ethyl adjacent to an activating group) is 1. The van der Waals surface area contributed by atoms with Gasteiger partial charge in [-0.25, -0.2) is 0 Å². The first-order valence-electron chi connectivity index (χ1n) is 8.24. The van der Waals surface area contributed by atoms with E-state index in [0.29, 0.717) is 18.7 Å². The number of hydrogen-bond donors (Lipinski definition) is 3. The molecular formula is C17H27F3IN5O. The number of rotatable bonds is 8. The van der Waals surface area contributed by atoms with E-state index >= 15 is 0 Å². The predicted octanol–water partition coefficient (Wildman–Crippen LogP) is 2.21. The van der Waals surface area contributed by atoms with E-state index in [2.05, 4.69) is 20.9 Å². The maximum absolute atomic E-state index is 12.2. The number of alkyl halides is 3. The van der Waals surface area contributed by atoms with Crippen molar-refractivity contribution in [1.82, 2.24) is 20.9 Å². The summed E-state index contributed by atoms with van der Waals surface area (Å²) in [5.74, 6) is 0.108. The molecule has 6 nitrogen and oxygen atoms in total. The Kier molecular flexibility index (Phi) is 12.0. The second-order valence-corrected chi connectivity index (χ2v) is 5.98. The lowest BCUT2D eigenvalue weighted by atomic mass is 10.1. The van der Waals surface area contributed by atoms with Crippen molar-refractivity contribution in [2.45, 2.75) is 19.1 Å². The number of halogens is 4. The summed E-state index contributed by atoms with van der Waals surface area (Å²) in [6.07, 6.45) is -5.14. The van der Waals surface area contributed by atoms with Crippen molar-refractivity contribution in [3.8, 4) is 0 Å². The number of carbonyl (C=O) groups is 1. The molecule has 27 heavy (non-hydrogen) atoms. The molecule has 1 rings (SSSR count). The highest BCUT2D eigenvalue weighted by atomic mass is 127. The zero-order chi connectivity index (χ0) is 19.6. The molecule has 1 aromatic rings. The lowest BCUT2D eigenvalue weighted by molar-refractivity contribution is -0.132. The molecule has 0 saturated carbocycles. The lowest BCUT2D eigenvalue weighted by Crippen LogP contribution is -2.38.